The van der Waals surface area contributed by atoms with Crippen LogP contribution in [0.25, 0.3) is 11.1 Å². The fraction of sp³-hybridized carbons (Fsp3) is 0.333. The summed E-state index contributed by atoms with van der Waals surface area (Å²) in [5, 5.41) is 7.30. The summed E-state index contributed by atoms with van der Waals surface area (Å²) in [5.41, 5.74) is 0.659. The highest BCUT2D eigenvalue weighted by atomic mass is 35.5. The first-order chi connectivity index (χ1) is 12.9. The summed E-state index contributed by atoms with van der Waals surface area (Å²) >= 11 is 6.02. The number of carbonyl (C=O) groups is 1. The van der Waals surface area contributed by atoms with Gasteiger partial charge in [0.05, 0.1) is 18.5 Å². The Morgan fingerprint density at radius 1 is 1.41 bits per heavy atom. The zero-order valence-electron chi connectivity index (χ0n) is 15.4. The van der Waals surface area contributed by atoms with E-state index in [0.717, 1.165) is 0 Å². The molecule has 0 bridgehead atoms. The maximum atomic E-state index is 13.0. The number of aryl methyl sites for hydroxylation is 2. The van der Waals surface area contributed by atoms with Crippen molar-refractivity contribution < 1.29 is 14.1 Å². The van der Waals surface area contributed by atoms with E-state index in [4.69, 9.17) is 20.9 Å². The van der Waals surface area contributed by atoms with Crippen LogP contribution in [-0.4, -0.2) is 27.7 Å². The molecule has 0 saturated carbocycles. The number of benzene rings is 1. The molecule has 2 heterocycles. The van der Waals surface area contributed by atoms with Crippen LogP contribution in [0.2, 0.25) is 5.02 Å². The molecule has 0 aliphatic rings. The van der Waals surface area contributed by atoms with Crippen molar-refractivity contribution >= 4 is 34.3 Å². The lowest BCUT2D eigenvalue weighted by atomic mass is 10.1. The van der Waals surface area contributed by atoms with Crippen LogP contribution in [0, 0.1) is 13.8 Å². The van der Waals surface area contributed by atoms with Gasteiger partial charge in [-0.15, -0.1) is 0 Å². The first-order valence-corrected chi connectivity index (χ1v) is 8.74. The van der Waals surface area contributed by atoms with Crippen LogP contribution in [-0.2, 0) is 4.79 Å². The van der Waals surface area contributed by atoms with Gasteiger partial charge < -0.3 is 14.6 Å². The number of fused-ring (bicyclic) bond motifs is 1. The summed E-state index contributed by atoms with van der Waals surface area (Å²) < 4.78 is 11.7. The minimum Gasteiger partial charge on any atom is -0.495 e. The van der Waals surface area contributed by atoms with E-state index < -0.39 is 6.04 Å². The largest absolute Gasteiger partial charge is 0.495 e. The lowest BCUT2D eigenvalue weighted by Crippen LogP contribution is -2.35. The second-order valence-corrected chi connectivity index (χ2v) is 6.48. The van der Waals surface area contributed by atoms with E-state index >= 15 is 0 Å². The van der Waals surface area contributed by atoms with Crippen LogP contribution in [0.5, 0.6) is 5.75 Å². The van der Waals surface area contributed by atoms with Crippen LogP contribution in [0.15, 0.2) is 27.5 Å². The highest BCUT2D eigenvalue weighted by molar-refractivity contribution is 6.31. The molecule has 1 N–H and O–H groups in total. The van der Waals surface area contributed by atoms with Gasteiger partial charge in [0, 0.05) is 5.02 Å². The fourth-order valence-electron chi connectivity index (χ4n) is 2.99. The number of rotatable bonds is 5. The summed E-state index contributed by atoms with van der Waals surface area (Å²) in [7, 11) is 1.50. The third-order valence-corrected chi connectivity index (χ3v) is 4.54. The summed E-state index contributed by atoms with van der Waals surface area (Å²) in [5.74, 6) is 0.456. The third-order valence-electron chi connectivity index (χ3n) is 4.31. The zero-order chi connectivity index (χ0) is 19.7. The minimum absolute atomic E-state index is 0.165. The van der Waals surface area contributed by atoms with Gasteiger partial charge >= 0.3 is 0 Å². The second kappa shape index (κ2) is 7.40. The molecule has 9 heteroatoms. The smallest absolute Gasteiger partial charge is 0.267 e. The Morgan fingerprint density at radius 3 is 2.81 bits per heavy atom. The number of methoxy groups -OCH3 is 1. The van der Waals surface area contributed by atoms with Gasteiger partial charge in [0.2, 0.25) is 5.91 Å². The molecule has 1 amide bonds. The van der Waals surface area contributed by atoms with Gasteiger partial charge in [0.25, 0.3) is 11.3 Å². The maximum absolute atomic E-state index is 13.0. The van der Waals surface area contributed by atoms with Gasteiger partial charge in [-0.25, -0.2) is 0 Å². The number of nitrogens with one attached hydrogen (secondary N) is 1. The first kappa shape index (κ1) is 18.9. The van der Waals surface area contributed by atoms with E-state index in [1.54, 1.807) is 32.0 Å². The minimum atomic E-state index is -0.771. The van der Waals surface area contributed by atoms with Crippen molar-refractivity contribution in [3.63, 3.8) is 0 Å². The summed E-state index contributed by atoms with van der Waals surface area (Å²) in [6.07, 6.45) is 0.382. The molecule has 142 valence electrons. The lowest BCUT2D eigenvalue weighted by Gasteiger charge is -2.20. The molecule has 1 aromatic carbocycles. The third kappa shape index (κ3) is 3.40. The van der Waals surface area contributed by atoms with E-state index in [1.165, 1.54) is 11.7 Å². The maximum Gasteiger partial charge on any atom is 0.267 e. The molecule has 2 aromatic heterocycles. The average molecular weight is 391 g/mol. The molecule has 0 saturated heterocycles. The molecule has 0 radical (unpaired) electrons. The van der Waals surface area contributed by atoms with Gasteiger partial charge in [-0.1, -0.05) is 23.7 Å². The van der Waals surface area contributed by atoms with Crippen LogP contribution in [0.1, 0.15) is 30.9 Å². The molecule has 0 aliphatic heterocycles. The van der Waals surface area contributed by atoms with Gasteiger partial charge in [0.1, 0.15) is 23.0 Å². The number of anilines is 1. The topological polar surface area (TPSA) is 99.2 Å². The fourth-order valence-corrected chi connectivity index (χ4v) is 3.17. The Bertz CT molecular complexity index is 1070. The van der Waals surface area contributed by atoms with Crippen molar-refractivity contribution in [2.45, 2.75) is 33.2 Å². The molecule has 27 heavy (non-hydrogen) atoms. The van der Waals surface area contributed by atoms with E-state index in [2.05, 4.69) is 15.5 Å². The van der Waals surface area contributed by atoms with Crippen molar-refractivity contribution in [3.05, 3.63) is 45.1 Å². The van der Waals surface area contributed by atoms with Crippen molar-refractivity contribution in [1.82, 2.24) is 14.7 Å². The molecule has 8 nitrogen and oxygen atoms in total. The second-order valence-electron chi connectivity index (χ2n) is 6.04. The van der Waals surface area contributed by atoms with E-state index in [0.29, 0.717) is 34.4 Å². The van der Waals surface area contributed by atoms with Gasteiger partial charge in [0.15, 0.2) is 0 Å². The molecule has 1 atom stereocenters. The Balaban J connectivity index is 2.04. The summed E-state index contributed by atoms with van der Waals surface area (Å²) in [4.78, 5) is 30.2. The predicted octanol–water partition coefficient (Wildman–Crippen LogP) is 3.25. The number of hydrogen-bond acceptors (Lipinski definition) is 6. The number of aromatic nitrogens is 3. The highest BCUT2D eigenvalue weighted by Gasteiger charge is 2.25. The molecule has 3 rings (SSSR count). The highest BCUT2D eigenvalue weighted by Crippen LogP contribution is 2.29. The van der Waals surface area contributed by atoms with Crippen molar-refractivity contribution in [1.29, 1.82) is 0 Å². The van der Waals surface area contributed by atoms with Crippen molar-refractivity contribution in [2.24, 2.45) is 0 Å². The number of hydrogen-bond donors (Lipinski definition) is 1. The van der Waals surface area contributed by atoms with Gasteiger partial charge in [-0.2, -0.15) is 4.98 Å². The van der Waals surface area contributed by atoms with Crippen molar-refractivity contribution in [3.8, 4) is 5.75 Å². The normalized spacial score (nSPS) is 12.2. The van der Waals surface area contributed by atoms with Crippen LogP contribution in [0.4, 0.5) is 5.69 Å². The quantitative estimate of drug-likeness (QED) is 0.717. The Morgan fingerprint density at radius 2 is 2.15 bits per heavy atom. The van der Waals surface area contributed by atoms with Crippen LogP contribution >= 0.6 is 11.6 Å². The van der Waals surface area contributed by atoms with E-state index in [-0.39, 0.29) is 22.6 Å². The molecule has 3 aromatic rings. The van der Waals surface area contributed by atoms with Crippen LogP contribution in [0.3, 0.4) is 0 Å². The summed E-state index contributed by atoms with van der Waals surface area (Å²) in [6.45, 7) is 5.12. The Kier molecular flexibility index (Phi) is 5.18. The van der Waals surface area contributed by atoms with E-state index in [1.807, 2.05) is 6.92 Å². The van der Waals surface area contributed by atoms with Gasteiger partial charge in [-0.3, -0.25) is 14.2 Å². The summed E-state index contributed by atoms with van der Waals surface area (Å²) in [6, 6.07) is 4.14. The van der Waals surface area contributed by atoms with Crippen molar-refractivity contribution in [2.75, 3.05) is 12.4 Å². The Hall–Kier alpha value is -2.87. The number of ether oxygens (including phenoxy) is 1. The monoisotopic (exact) mass is 390 g/mol. The molecule has 0 spiro atoms. The van der Waals surface area contributed by atoms with E-state index in [9.17, 15) is 9.59 Å². The molecule has 0 unspecified atom stereocenters. The first-order valence-electron chi connectivity index (χ1n) is 8.36. The lowest BCUT2D eigenvalue weighted by molar-refractivity contribution is -0.119. The zero-order valence-corrected chi connectivity index (χ0v) is 16.1. The van der Waals surface area contributed by atoms with Gasteiger partial charge in [-0.05, 0) is 38.5 Å². The number of halogens is 1. The number of carbonyl (C=O) groups excluding carboxylic acids is 1. The standard InChI is InChI=1S/C18H19ClN4O4/c1-5-13(16(24)21-12-8-11(19)6-7-14(12)26-4)23-10(3)20-17-15(18(23)25)9(2)22-27-17/h6-8,13H,5H2,1-4H3,(H,21,24)/t13-/m0/s1. The average Bonchev–Trinajstić information content (AvgIpc) is 2.99. The molecule has 0 aliphatic carbocycles. The Labute approximate surface area is 160 Å². The number of nitrogens with zero attached hydrogens (tertiary/aromatic N) is 3. The predicted molar refractivity (Wildman–Crippen MR) is 101 cm³/mol. The van der Waals surface area contributed by atoms with Crippen LogP contribution < -0.4 is 15.6 Å². The molecule has 0 fully saturated rings. The molecular weight excluding hydrogens is 372 g/mol. The SMILES string of the molecule is CC[C@@H](C(=O)Nc1cc(Cl)ccc1OC)n1c(C)nc2onc(C)c2c1=O. The number of amides is 1. The molecular formula is C18H19ClN4O4.